The molecule has 0 heterocycles. The molecular formula is C18H16I2O3. The van der Waals surface area contributed by atoms with Crippen LogP contribution in [0.1, 0.15) is 45.7 Å². The first-order valence-electron chi connectivity index (χ1n) is 7.30. The summed E-state index contributed by atoms with van der Waals surface area (Å²) in [5.74, 6) is -1.21. The average molecular weight is 534 g/mol. The standard InChI is InChI=1S/C18H16I2O3/c1-3-11-7-5-9-13(15(11)19)17(21)23-18(22)14-10-6-8-12(4-2)16(14)20/h5-10H,3-4H2,1-2H3. The lowest BCUT2D eigenvalue weighted by molar-refractivity contribution is 0.0396. The van der Waals surface area contributed by atoms with E-state index in [0.717, 1.165) is 31.1 Å². The molecule has 0 amide bonds. The van der Waals surface area contributed by atoms with E-state index in [-0.39, 0.29) is 0 Å². The Morgan fingerprint density at radius 3 is 1.57 bits per heavy atom. The third-order valence-corrected chi connectivity index (χ3v) is 6.09. The molecule has 0 aliphatic carbocycles. The van der Waals surface area contributed by atoms with Crippen LogP contribution >= 0.6 is 45.2 Å². The van der Waals surface area contributed by atoms with Crippen LogP contribution in [0.5, 0.6) is 0 Å². The van der Waals surface area contributed by atoms with Gasteiger partial charge in [0.25, 0.3) is 0 Å². The molecular weight excluding hydrogens is 518 g/mol. The summed E-state index contributed by atoms with van der Waals surface area (Å²) in [7, 11) is 0. The van der Waals surface area contributed by atoms with E-state index < -0.39 is 11.9 Å². The van der Waals surface area contributed by atoms with Crippen molar-refractivity contribution in [2.45, 2.75) is 26.7 Å². The van der Waals surface area contributed by atoms with Crippen LogP contribution in [0.3, 0.4) is 0 Å². The van der Waals surface area contributed by atoms with E-state index in [0.29, 0.717) is 11.1 Å². The number of halogens is 2. The van der Waals surface area contributed by atoms with Crippen molar-refractivity contribution in [1.29, 1.82) is 0 Å². The minimum Gasteiger partial charge on any atom is -0.386 e. The molecule has 0 fully saturated rings. The third kappa shape index (κ3) is 4.12. The number of esters is 2. The third-order valence-electron chi connectivity index (χ3n) is 3.54. The van der Waals surface area contributed by atoms with Crippen LogP contribution in [0.2, 0.25) is 0 Å². The number of rotatable bonds is 4. The molecule has 0 bridgehead atoms. The molecule has 0 saturated carbocycles. The maximum absolute atomic E-state index is 12.3. The van der Waals surface area contributed by atoms with Gasteiger partial charge in [-0.2, -0.15) is 0 Å². The molecule has 23 heavy (non-hydrogen) atoms. The van der Waals surface area contributed by atoms with Crippen molar-refractivity contribution in [3.63, 3.8) is 0 Å². The van der Waals surface area contributed by atoms with Gasteiger partial charge in [-0.15, -0.1) is 0 Å². The molecule has 0 atom stereocenters. The van der Waals surface area contributed by atoms with Crippen LogP contribution in [0, 0.1) is 7.14 Å². The molecule has 0 radical (unpaired) electrons. The SMILES string of the molecule is CCc1cccc(C(=O)OC(=O)c2cccc(CC)c2I)c1I. The highest BCUT2D eigenvalue weighted by atomic mass is 127. The molecule has 0 aromatic heterocycles. The summed E-state index contributed by atoms with van der Waals surface area (Å²) in [6.07, 6.45) is 1.65. The van der Waals surface area contributed by atoms with Gasteiger partial charge in [-0.3, -0.25) is 0 Å². The molecule has 2 rings (SSSR count). The fourth-order valence-electron chi connectivity index (χ4n) is 2.22. The zero-order valence-corrected chi connectivity index (χ0v) is 17.2. The van der Waals surface area contributed by atoms with Crippen LogP contribution < -0.4 is 0 Å². The fraction of sp³-hybridized carbons (Fsp3) is 0.222. The smallest absolute Gasteiger partial charge is 0.347 e. The second-order valence-electron chi connectivity index (χ2n) is 4.94. The Hall–Kier alpha value is -0.960. The molecule has 120 valence electrons. The van der Waals surface area contributed by atoms with Crippen molar-refractivity contribution in [2.24, 2.45) is 0 Å². The largest absolute Gasteiger partial charge is 0.386 e. The first-order chi connectivity index (χ1) is 11.0. The molecule has 0 aliphatic rings. The number of ether oxygens (including phenoxy) is 1. The molecule has 0 saturated heterocycles. The Labute approximate surface area is 163 Å². The highest BCUT2D eigenvalue weighted by Gasteiger charge is 2.20. The normalized spacial score (nSPS) is 10.4. The van der Waals surface area contributed by atoms with E-state index in [1.54, 1.807) is 12.1 Å². The van der Waals surface area contributed by atoms with Gasteiger partial charge < -0.3 is 4.74 Å². The molecule has 0 N–H and O–H groups in total. The Kier molecular flexibility index (Phi) is 6.58. The zero-order valence-electron chi connectivity index (χ0n) is 12.9. The minimum atomic E-state index is -0.604. The summed E-state index contributed by atoms with van der Waals surface area (Å²) >= 11 is 4.24. The number of benzene rings is 2. The maximum Gasteiger partial charge on any atom is 0.347 e. The fourth-order valence-corrected chi connectivity index (χ4v) is 4.14. The molecule has 2 aromatic rings. The highest BCUT2D eigenvalue weighted by molar-refractivity contribution is 14.1. The Bertz CT molecular complexity index is 690. The van der Waals surface area contributed by atoms with Gasteiger partial charge in [0.15, 0.2) is 0 Å². The topological polar surface area (TPSA) is 43.4 Å². The van der Waals surface area contributed by atoms with Gasteiger partial charge in [0, 0.05) is 7.14 Å². The predicted octanol–water partition coefficient (Wildman–Crippen LogP) is 5.02. The summed E-state index contributed by atoms with van der Waals surface area (Å²) in [6, 6.07) is 10.9. The first kappa shape index (κ1) is 18.4. The molecule has 0 aliphatic heterocycles. The summed E-state index contributed by atoms with van der Waals surface area (Å²) in [5, 5.41) is 0. The number of carbonyl (C=O) groups excluding carboxylic acids is 2. The lowest BCUT2D eigenvalue weighted by Gasteiger charge is -2.10. The number of carbonyl (C=O) groups is 2. The van der Waals surface area contributed by atoms with E-state index in [9.17, 15) is 9.59 Å². The van der Waals surface area contributed by atoms with Crippen molar-refractivity contribution >= 4 is 57.1 Å². The van der Waals surface area contributed by atoms with Crippen LogP contribution in [-0.4, -0.2) is 11.9 Å². The summed E-state index contributed by atoms with van der Waals surface area (Å²) in [6.45, 7) is 4.05. The molecule has 0 spiro atoms. The summed E-state index contributed by atoms with van der Waals surface area (Å²) in [4.78, 5) is 24.7. The van der Waals surface area contributed by atoms with E-state index in [2.05, 4.69) is 45.2 Å². The van der Waals surface area contributed by atoms with Crippen molar-refractivity contribution in [2.75, 3.05) is 0 Å². The van der Waals surface area contributed by atoms with Gasteiger partial charge in [0.1, 0.15) is 0 Å². The van der Waals surface area contributed by atoms with E-state index in [4.69, 9.17) is 4.74 Å². The van der Waals surface area contributed by atoms with Crippen LogP contribution in [0.4, 0.5) is 0 Å². The lowest BCUT2D eigenvalue weighted by atomic mass is 10.1. The Morgan fingerprint density at radius 1 is 0.826 bits per heavy atom. The zero-order chi connectivity index (χ0) is 17.0. The number of hydrogen-bond donors (Lipinski definition) is 0. The monoisotopic (exact) mass is 534 g/mol. The molecule has 0 unspecified atom stereocenters. The van der Waals surface area contributed by atoms with E-state index in [1.807, 2.05) is 38.1 Å². The molecule has 3 nitrogen and oxygen atoms in total. The lowest BCUT2D eigenvalue weighted by Crippen LogP contribution is -2.16. The van der Waals surface area contributed by atoms with Gasteiger partial charge in [0.05, 0.1) is 11.1 Å². The van der Waals surface area contributed by atoms with Crippen molar-refractivity contribution in [3.05, 3.63) is 65.8 Å². The average Bonchev–Trinajstić information content (AvgIpc) is 2.55. The quantitative estimate of drug-likeness (QED) is 0.315. The Balaban J connectivity index is 2.26. The second-order valence-corrected chi connectivity index (χ2v) is 7.10. The molecule has 5 heteroatoms. The number of hydrogen-bond acceptors (Lipinski definition) is 3. The summed E-state index contributed by atoms with van der Waals surface area (Å²) < 4.78 is 6.77. The Morgan fingerprint density at radius 2 is 1.22 bits per heavy atom. The predicted molar refractivity (Wildman–Crippen MR) is 107 cm³/mol. The van der Waals surface area contributed by atoms with Gasteiger partial charge in [-0.25, -0.2) is 9.59 Å². The van der Waals surface area contributed by atoms with Crippen LogP contribution in [-0.2, 0) is 17.6 Å². The van der Waals surface area contributed by atoms with Crippen LogP contribution in [0.15, 0.2) is 36.4 Å². The second kappa shape index (κ2) is 8.23. The van der Waals surface area contributed by atoms with Crippen LogP contribution in [0.25, 0.3) is 0 Å². The highest BCUT2D eigenvalue weighted by Crippen LogP contribution is 2.22. The van der Waals surface area contributed by atoms with Crippen molar-refractivity contribution < 1.29 is 14.3 Å². The molecule has 2 aromatic carbocycles. The summed E-state index contributed by atoms with van der Waals surface area (Å²) in [5.41, 5.74) is 2.99. The minimum absolute atomic E-state index is 0.431. The van der Waals surface area contributed by atoms with E-state index >= 15 is 0 Å². The first-order valence-corrected chi connectivity index (χ1v) is 9.46. The number of aryl methyl sites for hydroxylation is 2. The van der Waals surface area contributed by atoms with E-state index in [1.165, 1.54) is 0 Å². The van der Waals surface area contributed by atoms with Gasteiger partial charge in [-0.05, 0) is 81.3 Å². The van der Waals surface area contributed by atoms with Crippen molar-refractivity contribution in [1.82, 2.24) is 0 Å². The van der Waals surface area contributed by atoms with Gasteiger partial charge in [0.2, 0.25) is 0 Å². The van der Waals surface area contributed by atoms with Gasteiger partial charge >= 0.3 is 11.9 Å². The van der Waals surface area contributed by atoms with Crippen molar-refractivity contribution in [3.8, 4) is 0 Å². The van der Waals surface area contributed by atoms with Gasteiger partial charge in [-0.1, -0.05) is 38.1 Å². The maximum atomic E-state index is 12.3.